The van der Waals surface area contributed by atoms with Crippen LogP contribution in [0.3, 0.4) is 0 Å². The van der Waals surface area contributed by atoms with Crippen LogP contribution in [0.4, 0.5) is 0 Å². The number of carbonyl (C=O) groups excluding carboxylic acids is 2. The summed E-state index contributed by atoms with van der Waals surface area (Å²) in [6.45, 7) is 6.48. The molecule has 0 spiro atoms. The molecule has 3 nitrogen and oxygen atoms in total. The Bertz CT molecular complexity index is 737. The van der Waals surface area contributed by atoms with Crippen LogP contribution in [0.25, 0.3) is 11.1 Å². The molecule has 1 N–H and O–H groups in total. The van der Waals surface area contributed by atoms with Gasteiger partial charge < -0.3 is 0 Å². The Hall–Kier alpha value is -2.42. The fourth-order valence-electron chi connectivity index (χ4n) is 2.61. The van der Waals surface area contributed by atoms with Gasteiger partial charge in [0.15, 0.2) is 0 Å². The summed E-state index contributed by atoms with van der Waals surface area (Å²) in [5, 5.41) is 2.35. The lowest BCUT2D eigenvalue weighted by Gasteiger charge is -2.19. The largest absolute Gasteiger partial charge is 0.288 e. The molecule has 0 aliphatic carbocycles. The van der Waals surface area contributed by atoms with E-state index in [-0.39, 0.29) is 17.2 Å². The summed E-state index contributed by atoms with van der Waals surface area (Å²) in [6, 6.07) is 13.5. The van der Waals surface area contributed by atoms with Gasteiger partial charge in [-0.1, -0.05) is 57.2 Å². The Morgan fingerprint density at radius 2 is 1.43 bits per heavy atom. The molecule has 1 aliphatic heterocycles. The molecule has 3 rings (SSSR count). The second-order valence-electron chi connectivity index (χ2n) is 6.34. The minimum Gasteiger partial charge on any atom is -0.288 e. The van der Waals surface area contributed by atoms with E-state index in [9.17, 15) is 9.59 Å². The summed E-state index contributed by atoms with van der Waals surface area (Å²) < 4.78 is 0. The second kappa shape index (κ2) is 4.55. The zero-order valence-corrected chi connectivity index (χ0v) is 12.4. The van der Waals surface area contributed by atoms with Crippen molar-refractivity contribution < 1.29 is 9.59 Å². The topological polar surface area (TPSA) is 46.2 Å². The summed E-state index contributed by atoms with van der Waals surface area (Å²) in [5.74, 6) is -0.631. The minimum atomic E-state index is -0.317. The molecule has 0 radical (unpaired) electrons. The molecule has 2 amide bonds. The molecule has 2 aromatic carbocycles. The van der Waals surface area contributed by atoms with Crippen molar-refractivity contribution in [2.24, 2.45) is 0 Å². The fourth-order valence-corrected chi connectivity index (χ4v) is 2.61. The molecule has 0 atom stereocenters. The van der Waals surface area contributed by atoms with E-state index >= 15 is 0 Å². The molecule has 0 aromatic heterocycles. The first-order chi connectivity index (χ1) is 9.88. The third kappa shape index (κ3) is 2.25. The highest BCUT2D eigenvalue weighted by molar-refractivity contribution is 6.24. The van der Waals surface area contributed by atoms with Crippen molar-refractivity contribution >= 4 is 11.8 Å². The van der Waals surface area contributed by atoms with E-state index in [0.29, 0.717) is 11.1 Å². The standard InChI is InChI=1S/C18H17NO2/c1-18(2,3)12-9-7-11(8-10-12)13-5-4-6-14-15(13)17(21)19-16(14)20/h4-10H,1-3H3,(H,19,20,21). The van der Waals surface area contributed by atoms with E-state index < -0.39 is 0 Å². The van der Waals surface area contributed by atoms with E-state index in [4.69, 9.17) is 0 Å². The highest BCUT2D eigenvalue weighted by Gasteiger charge is 2.29. The Morgan fingerprint density at radius 3 is 2.05 bits per heavy atom. The molecular formula is C18H17NO2. The normalized spacial score (nSPS) is 14.0. The summed E-state index contributed by atoms with van der Waals surface area (Å²) in [7, 11) is 0. The lowest BCUT2D eigenvalue weighted by atomic mass is 9.86. The van der Waals surface area contributed by atoms with Crippen LogP contribution < -0.4 is 5.32 Å². The van der Waals surface area contributed by atoms with E-state index in [1.807, 2.05) is 24.3 Å². The van der Waals surface area contributed by atoms with E-state index in [1.54, 1.807) is 6.07 Å². The van der Waals surface area contributed by atoms with Gasteiger partial charge in [-0.15, -0.1) is 0 Å². The van der Waals surface area contributed by atoms with E-state index in [0.717, 1.165) is 11.1 Å². The quantitative estimate of drug-likeness (QED) is 0.812. The molecule has 0 unspecified atom stereocenters. The Labute approximate surface area is 124 Å². The van der Waals surface area contributed by atoms with Gasteiger partial charge >= 0.3 is 0 Å². The van der Waals surface area contributed by atoms with Crippen LogP contribution >= 0.6 is 0 Å². The maximum atomic E-state index is 12.0. The number of fused-ring (bicyclic) bond motifs is 1. The molecule has 1 aliphatic rings. The summed E-state index contributed by atoms with van der Waals surface area (Å²) in [4.78, 5) is 23.7. The minimum absolute atomic E-state index is 0.0878. The number of nitrogens with one attached hydrogen (secondary N) is 1. The van der Waals surface area contributed by atoms with Crippen LogP contribution in [0, 0.1) is 0 Å². The first-order valence-corrected chi connectivity index (χ1v) is 6.97. The molecule has 106 valence electrons. The highest BCUT2D eigenvalue weighted by Crippen LogP contribution is 2.31. The number of amides is 2. The first-order valence-electron chi connectivity index (χ1n) is 6.97. The molecule has 2 aromatic rings. The Kier molecular flexibility index (Phi) is 2.94. The van der Waals surface area contributed by atoms with Gasteiger partial charge in [0.25, 0.3) is 11.8 Å². The lowest BCUT2D eigenvalue weighted by Crippen LogP contribution is -2.20. The molecule has 21 heavy (non-hydrogen) atoms. The van der Waals surface area contributed by atoms with Crippen LogP contribution in [0.2, 0.25) is 0 Å². The van der Waals surface area contributed by atoms with Crippen LogP contribution in [0.15, 0.2) is 42.5 Å². The summed E-state index contributed by atoms with van der Waals surface area (Å²) in [5.41, 5.74) is 4.01. The molecule has 0 saturated carbocycles. The van der Waals surface area contributed by atoms with E-state index in [2.05, 4.69) is 38.2 Å². The van der Waals surface area contributed by atoms with Crippen LogP contribution in [-0.4, -0.2) is 11.8 Å². The molecule has 1 heterocycles. The lowest BCUT2D eigenvalue weighted by molar-refractivity contribution is 0.0880. The predicted molar refractivity (Wildman–Crippen MR) is 82.4 cm³/mol. The van der Waals surface area contributed by atoms with Crippen molar-refractivity contribution in [1.29, 1.82) is 0 Å². The molecule has 3 heteroatoms. The van der Waals surface area contributed by atoms with Crippen LogP contribution in [0.5, 0.6) is 0 Å². The fraction of sp³-hybridized carbons (Fsp3) is 0.222. The smallest absolute Gasteiger partial charge is 0.259 e. The molecule has 0 bridgehead atoms. The van der Waals surface area contributed by atoms with Crippen molar-refractivity contribution in [3.63, 3.8) is 0 Å². The van der Waals surface area contributed by atoms with Crippen LogP contribution in [-0.2, 0) is 5.41 Å². The van der Waals surface area contributed by atoms with Crippen LogP contribution in [0.1, 0.15) is 47.1 Å². The zero-order valence-electron chi connectivity index (χ0n) is 12.4. The zero-order chi connectivity index (χ0) is 15.2. The van der Waals surface area contributed by atoms with Crippen molar-refractivity contribution in [2.45, 2.75) is 26.2 Å². The van der Waals surface area contributed by atoms with Crippen molar-refractivity contribution in [3.8, 4) is 11.1 Å². The average molecular weight is 279 g/mol. The highest BCUT2D eigenvalue weighted by atomic mass is 16.2. The number of hydrogen-bond acceptors (Lipinski definition) is 2. The number of carbonyl (C=O) groups is 2. The second-order valence-corrected chi connectivity index (χ2v) is 6.34. The monoisotopic (exact) mass is 279 g/mol. The molecule has 0 saturated heterocycles. The number of hydrogen-bond donors (Lipinski definition) is 1. The Balaban J connectivity index is 2.11. The van der Waals surface area contributed by atoms with Crippen molar-refractivity contribution in [2.75, 3.05) is 0 Å². The van der Waals surface area contributed by atoms with Gasteiger partial charge in [0.1, 0.15) is 0 Å². The summed E-state index contributed by atoms with van der Waals surface area (Å²) in [6.07, 6.45) is 0. The van der Waals surface area contributed by atoms with Gasteiger partial charge in [-0.25, -0.2) is 0 Å². The van der Waals surface area contributed by atoms with Crippen molar-refractivity contribution in [3.05, 3.63) is 59.2 Å². The van der Waals surface area contributed by atoms with Gasteiger partial charge in [-0.3, -0.25) is 14.9 Å². The number of rotatable bonds is 1. The van der Waals surface area contributed by atoms with Gasteiger partial charge in [-0.2, -0.15) is 0 Å². The summed E-state index contributed by atoms with van der Waals surface area (Å²) >= 11 is 0. The Morgan fingerprint density at radius 1 is 0.810 bits per heavy atom. The van der Waals surface area contributed by atoms with Gasteiger partial charge in [0.05, 0.1) is 11.1 Å². The maximum absolute atomic E-state index is 12.0. The van der Waals surface area contributed by atoms with Gasteiger partial charge in [-0.05, 0) is 28.2 Å². The average Bonchev–Trinajstić information content (AvgIpc) is 2.73. The van der Waals surface area contributed by atoms with Gasteiger partial charge in [0, 0.05) is 0 Å². The van der Waals surface area contributed by atoms with Crippen molar-refractivity contribution in [1.82, 2.24) is 5.32 Å². The number of benzene rings is 2. The van der Waals surface area contributed by atoms with Gasteiger partial charge in [0.2, 0.25) is 0 Å². The predicted octanol–water partition coefficient (Wildman–Crippen LogP) is 3.53. The third-order valence-corrected chi connectivity index (χ3v) is 3.83. The number of imide groups is 1. The SMILES string of the molecule is CC(C)(C)c1ccc(-c2cccc3c2C(=O)NC3=O)cc1. The van der Waals surface area contributed by atoms with E-state index in [1.165, 1.54) is 5.56 Å². The maximum Gasteiger partial charge on any atom is 0.259 e. The molecular weight excluding hydrogens is 262 g/mol. The first kappa shape index (κ1) is 13.6. The third-order valence-electron chi connectivity index (χ3n) is 3.83. The molecule has 0 fully saturated rings.